The third kappa shape index (κ3) is 1.85. The van der Waals surface area contributed by atoms with Crippen molar-refractivity contribution >= 4 is 27.6 Å². The van der Waals surface area contributed by atoms with Crippen molar-refractivity contribution in [2.45, 2.75) is 6.92 Å². The fourth-order valence-electron chi connectivity index (χ4n) is 3.24. The molecule has 0 amide bonds. The smallest absolute Gasteiger partial charge is 0.149 e. The molecule has 0 saturated carbocycles. The molecule has 0 N–H and O–H groups in total. The Bertz CT molecular complexity index is 1200. The largest absolute Gasteiger partial charge is 0.276 e. The summed E-state index contributed by atoms with van der Waals surface area (Å²) >= 11 is 0. The van der Waals surface area contributed by atoms with Crippen LogP contribution in [0.3, 0.4) is 0 Å². The molecule has 0 aliphatic carbocycles. The zero-order valence-corrected chi connectivity index (χ0v) is 13.3. The molecule has 2 heterocycles. The number of benzene rings is 3. The second kappa shape index (κ2) is 4.90. The van der Waals surface area contributed by atoms with Crippen LogP contribution in [-0.4, -0.2) is 14.4 Å². The molecule has 0 saturated heterocycles. The molecule has 3 heteroatoms. The SMILES string of the molecule is Cc1ccc(-c2nc3ccccc3c3nc4ccccc4n23)cc1. The van der Waals surface area contributed by atoms with Gasteiger partial charge in [-0.15, -0.1) is 0 Å². The lowest BCUT2D eigenvalue weighted by atomic mass is 10.1. The minimum Gasteiger partial charge on any atom is -0.276 e. The number of fused-ring (bicyclic) bond motifs is 5. The Morgan fingerprint density at radius 3 is 2.25 bits per heavy atom. The van der Waals surface area contributed by atoms with E-state index in [4.69, 9.17) is 9.97 Å². The summed E-state index contributed by atoms with van der Waals surface area (Å²) in [5.74, 6) is 0.928. The van der Waals surface area contributed by atoms with Crippen molar-refractivity contribution < 1.29 is 0 Å². The van der Waals surface area contributed by atoms with Gasteiger partial charge in [-0.05, 0) is 31.2 Å². The molecule has 24 heavy (non-hydrogen) atoms. The number of aryl methyl sites for hydroxylation is 1. The van der Waals surface area contributed by atoms with Gasteiger partial charge >= 0.3 is 0 Å². The quantitative estimate of drug-likeness (QED) is 0.435. The highest BCUT2D eigenvalue weighted by molar-refractivity contribution is 5.98. The molecule has 0 aliphatic rings. The van der Waals surface area contributed by atoms with Crippen LogP contribution >= 0.6 is 0 Å². The van der Waals surface area contributed by atoms with Crippen LogP contribution in [0.15, 0.2) is 72.8 Å². The number of rotatable bonds is 1. The molecule has 5 aromatic rings. The van der Waals surface area contributed by atoms with Gasteiger partial charge in [0.25, 0.3) is 0 Å². The van der Waals surface area contributed by atoms with Gasteiger partial charge in [0.2, 0.25) is 0 Å². The molecule has 0 fully saturated rings. The highest BCUT2D eigenvalue weighted by atomic mass is 15.1. The van der Waals surface area contributed by atoms with Gasteiger partial charge in [-0.1, -0.05) is 54.1 Å². The van der Waals surface area contributed by atoms with Gasteiger partial charge in [0.15, 0.2) is 0 Å². The monoisotopic (exact) mass is 309 g/mol. The van der Waals surface area contributed by atoms with Crippen LogP contribution in [0.4, 0.5) is 0 Å². The van der Waals surface area contributed by atoms with Crippen LogP contribution in [0.5, 0.6) is 0 Å². The first-order valence-corrected chi connectivity index (χ1v) is 8.04. The van der Waals surface area contributed by atoms with Gasteiger partial charge in [-0.3, -0.25) is 4.40 Å². The summed E-state index contributed by atoms with van der Waals surface area (Å²) in [5, 5.41) is 1.07. The van der Waals surface area contributed by atoms with Gasteiger partial charge in [-0.2, -0.15) is 0 Å². The molecule has 0 atom stereocenters. The lowest BCUT2D eigenvalue weighted by Crippen LogP contribution is -1.97. The summed E-state index contributed by atoms with van der Waals surface area (Å²) in [4.78, 5) is 9.82. The van der Waals surface area contributed by atoms with Crippen molar-refractivity contribution in [1.82, 2.24) is 14.4 Å². The van der Waals surface area contributed by atoms with Gasteiger partial charge in [0.05, 0.1) is 16.6 Å². The zero-order valence-electron chi connectivity index (χ0n) is 13.3. The molecule has 0 aliphatic heterocycles. The summed E-state index contributed by atoms with van der Waals surface area (Å²) in [6.07, 6.45) is 0. The molecule has 3 aromatic carbocycles. The van der Waals surface area contributed by atoms with Crippen molar-refractivity contribution in [3.05, 3.63) is 78.4 Å². The van der Waals surface area contributed by atoms with Gasteiger partial charge in [0, 0.05) is 10.9 Å². The molecule has 2 aromatic heterocycles. The maximum atomic E-state index is 4.95. The Hall–Kier alpha value is -3.20. The standard InChI is InChI=1S/C21H15N3/c1-14-10-12-15(13-11-14)20-22-17-7-3-2-6-16(17)21-23-18-8-4-5-9-19(18)24(20)21/h2-13H,1H3. The molecule has 0 radical (unpaired) electrons. The average molecular weight is 309 g/mol. The second-order valence-electron chi connectivity index (χ2n) is 6.08. The molecule has 3 nitrogen and oxygen atoms in total. The van der Waals surface area contributed by atoms with Crippen LogP contribution in [0.2, 0.25) is 0 Å². The van der Waals surface area contributed by atoms with Crippen LogP contribution in [0.1, 0.15) is 5.56 Å². The average Bonchev–Trinajstić information content (AvgIpc) is 3.02. The molecule has 5 rings (SSSR count). The minimum atomic E-state index is 0.928. The third-order valence-corrected chi connectivity index (χ3v) is 4.45. The lowest BCUT2D eigenvalue weighted by Gasteiger charge is -2.09. The molecule has 0 bridgehead atoms. The number of para-hydroxylation sites is 3. The van der Waals surface area contributed by atoms with E-state index in [1.165, 1.54) is 5.56 Å². The topological polar surface area (TPSA) is 30.2 Å². The normalized spacial score (nSPS) is 11.5. The molecular weight excluding hydrogens is 294 g/mol. The molecule has 0 unspecified atom stereocenters. The summed E-state index contributed by atoms with van der Waals surface area (Å²) in [6, 6.07) is 24.9. The van der Waals surface area contributed by atoms with Crippen molar-refractivity contribution in [2.24, 2.45) is 0 Å². The molecule has 0 spiro atoms. The van der Waals surface area contributed by atoms with Crippen molar-refractivity contribution in [3.63, 3.8) is 0 Å². The number of imidazole rings is 1. The summed E-state index contributed by atoms with van der Waals surface area (Å²) in [5.41, 5.74) is 6.34. The predicted octanol–water partition coefficient (Wildman–Crippen LogP) is 5.01. The van der Waals surface area contributed by atoms with Crippen molar-refractivity contribution in [3.8, 4) is 11.4 Å². The summed E-state index contributed by atoms with van der Waals surface area (Å²) in [7, 11) is 0. The first-order chi connectivity index (χ1) is 11.8. The van der Waals surface area contributed by atoms with E-state index in [2.05, 4.69) is 53.8 Å². The Morgan fingerprint density at radius 1 is 0.708 bits per heavy atom. The number of hydrogen-bond donors (Lipinski definition) is 0. The van der Waals surface area contributed by atoms with E-state index in [9.17, 15) is 0 Å². The predicted molar refractivity (Wildman–Crippen MR) is 98.2 cm³/mol. The highest BCUT2D eigenvalue weighted by Crippen LogP contribution is 2.29. The van der Waals surface area contributed by atoms with Crippen LogP contribution in [0, 0.1) is 6.92 Å². The van der Waals surface area contributed by atoms with Crippen LogP contribution < -0.4 is 0 Å². The van der Waals surface area contributed by atoms with Gasteiger partial charge in [-0.25, -0.2) is 9.97 Å². The number of hydrogen-bond acceptors (Lipinski definition) is 2. The Morgan fingerprint density at radius 2 is 1.42 bits per heavy atom. The van der Waals surface area contributed by atoms with Crippen LogP contribution in [-0.2, 0) is 0 Å². The first-order valence-electron chi connectivity index (χ1n) is 8.04. The Kier molecular flexibility index (Phi) is 2.71. The van der Waals surface area contributed by atoms with E-state index < -0.39 is 0 Å². The van der Waals surface area contributed by atoms with E-state index in [-0.39, 0.29) is 0 Å². The van der Waals surface area contributed by atoms with E-state index in [0.717, 1.165) is 39.0 Å². The first kappa shape index (κ1) is 13.3. The maximum absolute atomic E-state index is 4.95. The van der Waals surface area contributed by atoms with Crippen LogP contribution in [0.25, 0.3) is 39.0 Å². The zero-order chi connectivity index (χ0) is 16.1. The van der Waals surface area contributed by atoms with Gasteiger partial charge < -0.3 is 0 Å². The molecule has 114 valence electrons. The van der Waals surface area contributed by atoms with E-state index >= 15 is 0 Å². The highest BCUT2D eigenvalue weighted by Gasteiger charge is 2.14. The second-order valence-corrected chi connectivity index (χ2v) is 6.08. The number of aromatic nitrogens is 3. The third-order valence-electron chi connectivity index (χ3n) is 4.45. The van der Waals surface area contributed by atoms with Crippen molar-refractivity contribution in [2.75, 3.05) is 0 Å². The summed E-state index contributed by atoms with van der Waals surface area (Å²) in [6.45, 7) is 2.10. The molecular formula is C21H15N3. The Balaban J connectivity index is 2.01. The number of nitrogens with zero attached hydrogens (tertiary/aromatic N) is 3. The maximum Gasteiger partial charge on any atom is 0.149 e. The summed E-state index contributed by atoms with van der Waals surface area (Å²) < 4.78 is 2.17. The lowest BCUT2D eigenvalue weighted by molar-refractivity contribution is 1.16. The Labute approximate surface area is 139 Å². The fourth-order valence-corrected chi connectivity index (χ4v) is 3.24. The van der Waals surface area contributed by atoms with E-state index in [1.807, 2.05) is 30.3 Å². The van der Waals surface area contributed by atoms with Gasteiger partial charge in [0.1, 0.15) is 11.5 Å². The van der Waals surface area contributed by atoms with Crippen molar-refractivity contribution in [1.29, 1.82) is 0 Å². The minimum absolute atomic E-state index is 0.928. The fraction of sp³-hybridized carbons (Fsp3) is 0.0476. The van der Waals surface area contributed by atoms with E-state index in [1.54, 1.807) is 0 Å². The van der Waals surface area contributed by atoms with E-state index in [0.29, 0.717) is 0 Å².